The zero-order valence-electron chi connectivity index (χ0n) is 16.1. The molecule has 0 fully saturated rings. The molecule has 31 heavy (non-hydrogen) atoms. The van der Waals surface area contributed by atoms with E-state index in [-0.39, 0.29) is 6.42 Å². The Morgan fingerprint density at radius 3 is 1.94 bits per heavy atom. The molecule has 0 amide bonds. The van der Waals surface area contributed by atoms with Gasteiger partial charge in [0.1, 0.15) is 0 Å². The molecule has 0 aliphatic rings. The quantitative estimate of drug-likeness (QED) is 0.110. The van der Waals surface area contributed by atoms with E-state index in [9.17, 15) is 48.7 Å². The van der Waals surface area contributed by atoms with Gasteiger partial charge in [0, 0.05) is 12.0 Å². The van der Waals surface area contributed by atoms with Crippen molar-refractivity contribution in [2.24, 2.45) is 0 Å². The maximum atomic E-state index is 13.6. The molecule has 0 spiro atoms. The van der Waals surface area contributed by atoms with Crippen LogP contribution in [0, 0.1) is 0 Å². The molecular formula is C15H19F7O8S. The van der Waals surface area contributed by atoms with Crippen molar-refractivity contribution in [3.05, 3.63) is 12.2 Å². The topological polar surface area (TPSA) is 116 Å². The second kappa shape index (κ2) is 10.1. The van der Waals surface area contributed by atoms with E-state index in [2.05, 4.69) is 20.8 Å². The van der Waals surface area contributed by atoms with Crippen LogP contribution in [-0.2, 0) is 33.9 Å². The second-order valence-corrected chi connectivity index (χ2v) is 7.53. The maximum Gasteiger partial charge on any atom is 0.468 e. The van der Waals surface area contributed by atoms with E-state index in [4.69, 9.17) is 4.55 Å². The molecule has 182 valence electrons. The highest BCUT2D eigenvalue weighted by Gasteiger charge is 2.68. The van der Waals surface area contributed by atoms with E-state index in [1.54, 1.807) is 0 Å². The van der Waals surface area contributed by atoms with Gasteiger partial charge >= 0.3 is 45.2 Å². The molecule has 0 rings (SSSR count). The van der Waals surface area contributed by atoms with Crippen molar-refractivity contribution < 1.29 is 67.5 Å². The SMILES string of the molecule is C=C(C)C(=O)OC(OCCCC(F)(F)C(F)(F)S(=O)(=O)O)(C(=O)OCCC)C(F)(F)F. The van der Waals surface area contributed by atoms with Gasteiger partial charge in [0.25, 0.3) is 0 Å². The summed E-state index contributed by atoms with van der Waals surface area (Å²) < 4.78 is 135. The molecule has 0 saturated carbocycles. The molecule has 0 aromatic heterocycles. The van der Waals surface area contributed by atoms with Gasteiger partial charge in [-0.2, -0.15) is 39.2 Å². The summed E-state index contributed by atoms with van der Waals surface area (Å²) >= 11 is 0. The normalized spacial score (nSPS) is 15.2. The number of rotatable bonds is 12. The van der Waals surface area contributed by atoms with Crippen molar-refractivity contribution in [2.45, 2.75) is 56.3 Å². The van der Waals surface area contributed by atoms with Gasteiger partial charge in [-0.05, 0) is 19.8 Å². The van der Waals surface area contributed by atoms with Crippen molar-refractivity contribution in [1.82, 2.24) is 0 Å². The lowest BCUT2D eigenvalue weighted by Crippen LogP contribution is -2.58. The highest BCUT2D eigenvalue weighted by Crippen LogP contribution is 2.42. The number of ether oxygens (including phenoxy) is 3. The largest absolute Gasteiger partial charge is 0.468 e. The van der Waals surface area contributed by atoms with Crippen LogP contribution < -0.4 is 0 Å². The molecule has 1 N–H and O–H groups in total. The van der Waals surface area contributed by atoms with Gasteiger partial charge in [-0.15, -0.1) is 0 Å². The first-order valence-corrected chi connectivity index (χ1v) is 9.70. The number of esters is 2. The summed E-state index contributed by atoms with van der Waals surface area (Å²) in [7, 11) is -6.56. The Hall–Kier alpha value is -1.94. The molecule has 0 aromatic rings. The Morgan fingerprint density at radius 1 is 1.03 bits per heavy atom. The third-order valence-electron chi connectivity index (χ3n) is 3.35. The first kappa shape index (κ1) is 29.1. The number of alkyl halides is 7. The fourth-order valence-electron chi connectivity index (χ4n) is 1.74. The zero-order valence-corrected chi connectivity index (χ0v) is 16.9. The summed E-state index contributed by atoms with van der Waals surface area (Å²) in [5.74, 6) is -13.9. The average molecular weight is 492 g/mol. The van der Waals surface area contributed by atoms with Gasteiger partial charge in [-0.3, -0.25) is 4.55 Å². The number of hydrogen-bond donors (Lipinski definition) is 1. The third-order valence-corrected chi connectivity index (χ3v) is 4.30. The second-order valence-electron chi connectivity index (χ2n) is 6.07. The Balaban J connectivity index is 5.71. The summed E-state index contributed by atoms with van der Waals surface area (Å²) in [4.78, 5) is 23.6. The van der Waals surface area contributed by atoms with Crippen LogP contribution in [0.15, 0.2) is 12.2 Å². The van der Waals surface area contributed by atoms with Crippen LogP contribution >= 0.6 is 0 Å². The van der Waals surface area contributed by atoms with Gasteiger partial charge < -0.3 is 14.2 Å². The van der Waals surface area contributed by atoms with Gasteiger partial charge in [-0.1, -0.05) is 13.5 Å². The van der Waals surface area contributed by atoms with Gasteiger partial charge in [0.15, 0.2) is 0 Å². The standard InChI is InChI=1S/C15H19F7O8S/c1-4-7-28-11(24)13(14(18,19)20,30-10(23)9(2)3)29-8-5-6-12(16,17)15(21,22)31(25,26)27/h2,4-8H2,1,3H3,(H,25,26,27). The third kappa shape index (κ3) is 6.77. The van der Waals surface area contributed by atoms with Crippen LogP contribution in [0.4, 0.5) is 30.7 Å². The van der Waals surface area contributed by atoms with Crippen molar-refractivity contribution >= 4 is 22.1 Å². The molecule has 1 unspecified atom stereocenters. The minimum atomic E-state index is -6.56. The predicted octanol–water partition coefficient (Wildman–Crippen LogP) is 3.23. The summed E-state index contributed by atoms with van der Waals surface area (Å²) in [6.07, 6.45) is -9.25. The van der Waals surface area contributed by atoms with Crippen LogP contribution in [0.25, 0.3) is 0 Å². The molecule has 8 nitrogen and oxygen atoms in total. The summed E-state index contributed by atoms with van der Waals surface area (Å²) in [6.45, 7) is 3.21. The van der Waals surface area contributed by atoms with Crippen molar-refractivity contribution in [3.63, 3.8) is 0 Å². The monoisotopic (exact) mass is 492 g/mol. The van der Waals surface area contributed by atoms with Gasteiger partial charge in [-0.25, -0.2) is 9.59 Å². The predicted molar refractivity (Wildman–Crippen MR) is 87.6 cm³/mol. The van der Waals surface area contributed by atoms with E-state index in [1.165, 1.54) is 6.92 Å². The van der Waals surface area contributed by atoms with E-state index in [0.29, 0.717) is 0 Å². The number of carbonyl (C=O) groups is 2. The minimum absolute atomic E-state index is 0.0328. The van der Waals surface area contributed by atoms with Crippen LogP contribution in [-0.4, -0.2) is 61.3 Å². The molecule has 1 atom stereocenters. The highest BCUT2D eigenvalue weighted by molar-refractivity contribution is 7.87. The lowest BCUT2D eigenvalue weighted by Gasteiger charge is -2.32. The molecular weight excluding hydrogens is 473 g/mol. The Labute approximate surface area is 172 Å². The number of carbonyl (C=O) groups excluding carboxylic acids is 2. The highest BCUT2D eigenvalue weighted by atomic mass is 32.2. The fraction of sp³-hybridized carbons (Fsp3) is 0.733. The maximum absolute atomic E-state index is 13.6. The fourth-order valence-corrected chi connectivity index (χ4v) is 2.22. The molecule has 0 aliphatic carbocycles. The molecule has 16 heteroatoms. The first-order chi connectivity index (χ1) is 13.8. The summed E-state index contributed by atoms with van der Waals surface area (Å²) in [5, 5.41) is -5.95. The van der Waals surface area contributed by atoms with E-state index < -0.39 is 76.8 Å². The summed E-state index contributed by atoms with van der Waals surface area (Å²) in [6, 6.07) is 0. The Kier molecular flexibility index (Phi) is 9.49. The van der Waals surface area contributed by atoms with Crippen LogP contribution in [0.2, 0.25) is 0 Å². The smallest absolute Gasteiger partial charge is 0.461 e. The average Bonchev–Trinajstić information content (AvgIpc) is 2.59. The van der Waals surface area contributed by atoms with Gasteiger partial charge in [0.05, 0.1) is 13.2 Å². The van der Waals surface area contributed by atoms with E-state index in [1.807, 2.05) is 0 Å². The summed E-state index contributed by atoms with van der Waals surface area (Å²) in [5.41, 5.74) is -0.611. The molecule has 0 aromatic carbocycles. The Bertz CT molecular complexity index is 779. The van der Waals surface area contributed by atoms with Crippen molar-refractivity contribution in [1.29, 1.82) is 0 Å². The van der Waals surface area contributed by atoms with Crippen LogP contribution in [0.1, 0.15) is 33.1 Å². The van der Waals surface area contributed by atoms with Gasteiger partial charge in [0.2, 0.25) is 0 Å². The van der Waals surface area contributed by atoms with Crippen LogP contribution in [0.3, 0.4) is 0 Å². The molecule has 0 aliphatic heterocycles. The molecule has 0 saturated heterocycles. The minimum Gasteiger partial charge on any atom is -0.461 e. The van der Waals surface area contributed by atoms with E-state index in [0.717, 1.165) is 6.92 Å². The number of hydrogen-bond acceptors (Lipinski definition) is 7. The zero-order chi connectivity index (χ0) is 24.9. The first-order valence-electron chi connectivity index (χ1n) is 8.26. The molecule has 0 radical (unpaired) electrons. The van der Waals surface area contributed by atoms with Crippen LogP contribution in [0.5, 0.6) is 0 Å². The Morgan fingerprint density at radius 2 is 1.55 bits per heavy atom. The lowest BCUT2D eigenvalue weighted by atomic mass is 10.2. The van der Waals surface area contributed by atoms with E-state index >= 15 is 0 Å². The van der Waals surface area contributed by atoms with Crippen molar-refractivity contribution in [2.75, 3.05) is 13.2 Å². The molecule has 0 bridgehead atoms. The van der Waals surface area contributed by atoms with Crippen molar-refractivity contribution in [3.8, 4) is 0 Å². The lowest BCUT2D eigenvalue weighted by molar-refractivity contribution is -0.355. The molecule has 0 heterocycles. The number of halogens is 7.